The van der Waals surface area contributed by atoms with Crippen molar-refractivity contribution in [2.24, 2.45) is 0 Å². The number of ether oxygens (including phenoxy) is 2. The van der Waals surface area contributed by atoms with Crippen LogP contribution in [0.4, 0.5) is 0 Å². The van der Waals surface area contributed by atoms with Crippen molar-refractivity contribution in [2.75, 3.05) is 6.61 Å². The van der Waals surface area contributed by atoms with Crippen LogP contribution in [0.25, 0.3) is 0 Å². The lowest BCUT2D eigenvalue weighted by Crippen LogP contribution is -2.36. The van der Waals surface area contributed by atoms with Gasteiger partial charge in [0.25, 0.3) is 0 Å². The fourth-order valence-corrected chi connectivity index (χ4v) is 5.94. The number of benzene rings is 2. The largest absolute Gasteiger partial charge is 0.494 e. The molecule has 0 aromatic heterocycles. The van der Waals surface area contributed by atoms with Crippen molar-refractivity contribution in [3.63, 3.8) is 0 Å². The van der Waals surface area contributed by atoms with Crippen LogP contribution in [0.3, 0.4) is 0 Å². The Kier molecular flexibility index (Phi) is 7.71. The molecule has 1 heterocycles. The van der Waals surface area contributed by atoms with Gasteiger partial charge in [0, 0.05) is 34.3 Å². The number of halogens is 1. The molecule has 1 fully saturated rings. The summed E-state index contributed by atoms with van der Waals surface area (Å²) >= 11 is 6.09. The molecule has 1 aliphatic heterocycles. The van der Waals surface area contributed by atoms with Gasteiger partial charge in [-0.15, -0.1) is 0 Å². The molecule has 2 aromatic carbocycles. The normalized spacial score (nSPS) is 22.1. The van der Waals surface area contributed by atoms with E-state index in [0.29, 0.717) is 35.6 Å². The highest BCUT2D eigenvalue weighted by Crippen LogP contribution is 2.46. The van der Waals surface area contributed by atoms with Crippen molar-refractivity contribution in [3.05, 3.63) is 87.2 Å². The van der Waals surface area contributed by atoms with E-state index in [1.54, 1.807) is 0 Å². The maximum absolute atomic E-state index is 13.8. The first-order valence-corrected chi connectivity index (χ1v) is 13.8. The summed E-state index contributed by atoms with van der Waals surface area (Å²) in [6.07, 6.45) is 5.91. The minimum atomic E-state index is -0.468. The van der Waals surface area contributed by atoms with Crippen molar-refractivity contribution >= 4 is 23.4 Å². The second-order valence-electron chi connectivity index (χ2n) is 10.3. The predicted octanol–water partition coefficient (Wildman–Crippen LogP) is 6.98. The smallest absolute Gasteiger partial charge is 0.337 e. The number of ketones is 1. The predicted molar refractivity (Wildman–Crippen MR) is 145 cm³/mol. The van der Waals surface area contributed by atoms with E-state index in [-0.39, 0.29) is 23.8 Å². The van der Waals surface area contributed by atoms with Gasteiger partial charge in [-0.2, -0.15) is 0 Å². The van der Waals surface area contributed by atoms with Crippen LogP contribution in [0.5, 0.6) is 5.75 Å². The summed E-state index contributed by atoms with van der Waals surface area (Å²) in [5, 5.41) is 4.12. The minimum absolute atomic E-state index is 0.0509. The van der Waals surface area contributed by atoms with E-state index >= 15 is 0 Å². The van der Waals surface area contributed by atoms with Crippen molar-refractivity contribution in [3.8, 4) is 5.75 Å². The number of esters is 1. The number of allylic oxidation sites excluding steroid dienone is 3. The molecular weight excluding hydrogens is 486 g/mol. The van der Waals surface area contributed by atoms with Crippen molar-refractivity contribution in [2.45, 2.75) is 76.7 Å². The Morgan fingerprint density at radius 2 is 1.68 bits per heavy atom. The highest BCUT2D eigenvalue weighted by atomic mass is 35.5. The van der Waals surface area contributed by atoms with Crippen LogP contribution in [0, 0.1) is 0 Å². The molecule has 2 aromatic rings. The minimum Gasteiger partial charge on any atom is -0.494 e. The Morgan fingerprint density at radius 1 is 1.00 bits per heavy atom. The molecule has 1 saturated carbocycles. The lowest BCUT2D eigenvalue weighted by molar-refractivity contribution is -0.144. The van der Waals surface area contributed by atoms with E-state index < -0.39 is 5.92 Å². The first kappa shape index (κ1) is 25.6. The number of hydrogen-bond donors (Lipinski definition) is 1. The molecule has 0 amide bonds. The van der Waals surface area contributed by atoms with Crippen LogP contribution in [0.15, 0.2) is 71.1 Å². The first-order chi connectivity index (χ1) is 17.9. The lowest BCUT2D eigenvalue weighted by Gasteiger charge is -2.37. The van der Waals surface area contributed by atoms with E-state index in [9.17, 15) is 9.59 Å². The first-order valence-electron chi connectivity index (χ1n) is 13.4. The summed E-state index contributed by atoms with van der Waals surface area (Å²) in [6.45, 7) is 4.63. The molecule has 0 saturated heterocycles. The summed E-state index contributed by atoms with van der Waals surface area (Å²) in [5.74, 6) is 0.101. The fraction of sp³-hybridized carbons (Fsp3) is 0.419. The van der Waals surface area contributed by atoms with Crippen molar-refractivity contribution in [1.29, 1.82) is 0 Å². The molecule has 5 rings (SSSR count). The zero-order valence-electron chi connectivity index (χ0n) is 21.5. The van der Waals surface area contributed by atoms with E-state index in [0.717, 1.165) is 60.4 Å². The molecule has 6 heteroatoms. The number of carbonyl (C=O) groups excluding carboxylic acids is 2. The Hall–Kier alpha value is -3.05. The number of rotatable bonds is 7. The van der Waals surface area contributed by atoms with Crippen LogP contribution < -0.4 is 10.1 Å². The third-order valence-electron chi connectivity index (χ3n) is 7.65. The molecule has 3 aliphatic rings. The Labute approximate surface area is 223 Å². The quantitative estimate of drug-likeness (QED) is 0.400. The van der Waals surface area contributed by atoms with Gasteiger partial charge in [-0.25, -0.2) is 4.79 Å². The van der Waals surface area contributed by atoms with Crippen LogP contribution in [0.2, 0.25) is 5.02 Å². The zero-order valence-corrected chi connectivity index (χ0v) is 22.3. The van der Waals surface area contributed by atoms with Gasteiger partial charge >= 0.3 is 5.97 Å². The van der Waals surface area contributed by atoms with Crippen LogP contribution in [0.1, 0.15) is 81.8 Å². The Morgan fingerprint density at radius 3 is 2.35 bits per heavy atom. The monoisotopic (exact) mass is 519 g/mol. The molecule has 0 bridgehead atoms. The number of nitrogens with one attached hydrogen (secondary N) is 1. The van der Waals surface area contributed by atoms with Crippen LogP contribution >= 0.6 is 11.6 Å². The topological polar surface area (TPSA) is 64.6 Å². The molecule has 0 spiro atoms. The SMILES string of the molecule is CCCOc1ccc([C@@H]2C(C(=O)OC3CCCC3)=C(C)NC3=C2C(=O)C[C@@H](c2ccc(Cl)cc2)C3)cc1. The molecule has 5 nitrogen and oxygen atoms in total. The Bertz CT molecular complexity index is 1220. The van der Waals surface area contributed by atoms with E-state index in [1.807, 2.05) is 55.5 Å². The molecule has 37 heavy (non-hydrogen) atoms. The van der Waals surface area contributed by atoms with E-state index in [1.165, 1.54) is 0 Å². The number of carbonyl (C=O) groups is 2. The van der Waals surface area contributed by atoms with Crippen molar-refractivity contribution < 1.29 is 19.1 Å². The van der Waals surface area contributed by atoms with Crippen LogP contribution in [-0.2, 0) is 14.3 Å². The summed E-state index contributed by atoms with van der Waals surface area (Å²) in [7, 11) is 0. The van der Waals surface area contributed by atoms with E-state index in [2.05, 4.69) is 12.2 Å². The summed E-state index contributed by atoms with van der Waals surface area (Å²) < 4.78 is 11.7. The summed E-state index contributed by atoms with van der Waals surface area (Å²) in [5.41, 5.74) is 4.84. The third-order valence-corrected chi connectivity index (χ3v) is 7.90. The van der Waals surface area contributed by atoms with Gasteiger partial charge in [-0.05, 0) is 86.8 Å². The maximum Gasteiger partial charge on any atom is 0.337 e. The zero-order chi connectivity index (χ0) is 25.9. The van der Waals surface area contributed by atoms with Crippen LogP contribution in [-0.4, -0.2) is 24.5 Å². The average molecular weight is 520 g/mol. The maximum atomic E-state index is 13.8. The van der Waals surface area contributed by atoms with Crippen molar-refractivity contribution in [1.82, 2.24) is 5.32 Å². The molecular formula is C31H34ClNO4. The summed E-state index contributed by atoms with van der Waals surface area (Å²) in [4.78, 5) is 27.3. The summed E-state index contributed by atoms with van der Waals surface area (Å²) in [6, 6.07) is 15.5. The van der Waals surface area contributed by atoms with E-state index in [4.69, 9.17) is 21.1 Å². The molecule has 194 valence electrons. The highest BCUT2D eigenvalue weighted by Gasteiger charge is 2.42. The van der Waals surface area contributed by atoms with Gasteiger partial charge in [-0.3, -0.25) is 4.79 Å². The molecule has 0 radical (unpaired) electrons. The van der Waals surface area contributed by atoms with Gasteiger partial charge in [0.1, 0.15) is 11.9 Å². The standard InChI is InChI=1S/C31H34ClNO4/c1-3-16-36-24-14-10-21(11-15-24)29-28(31(35)37-25-6-4-5-7-25)19(2)33-26-17-22(18-27(34)30(26)29)20-8-12-23(32)13-9-20/h8-15,22,25,29,33H,3-7,16-18H2,1-2H3/t22-,29+/m0/s1. The van der Waals surface area contributed by atoms with Gasteiger partial charge in [0.15, 0.2) is 5.78 Å². The molecule has 2 aliphatic carbocycles. The molecule has 0 unspecified atom stereocenters. The Balaban J connectivity index is 1.51. The van der Waals surface area contributed by atoms with Gasteiger partial charge in [0.05, 0.1) is 12.2 Å². The number of Topliss-reactive ketones (excluding diaryl/α,β-unsaturated/α-hetero) is 1. The average Bonchev–Trinajstić information content (AvgIpc) is 3.40. The third kappa shape index (κ3) is 5.47. The number of hydrogen-bond acceptors (Lipinski definition) is 5. The van der Waals surface area contributed by atoms with Gasteiger partial charge < -0.3 is 14.8 Å². The molecule has 2 atom stereocenters. The van der Waals surface area contributed by atoms with Gasteiger partial charge in [-0.1, -0.05) is 42.8 Å². The van der Waals surface area contributed by atoms with Gasteiger partial charge in [0.2, 0.25) is 0 Å². The molecule has 1 N–H and O–H groups in total. The number of dihydropyridines is 1. The second kappa shape index (κ2) is 11.1. The fourth-order valence-electron chi connectivity index (χ4n) is 5.81. The highest BCUT2D eigenvalue weighted by molar-refractivity contribution is 6.30. The second-order valence-corrected chi connectivity index (χ2v) is 10.7. The lowest BCUT2D eigenvalue weighted by atomic mass is 9.71.